The maximum absolute atomic E-state index is 12.8. The van der Waals surface area contributed by atoms with Gasteiger partial charge < -0.3 is 5.32 Å². The van der Waals surface area contributed by atoms with Gasteiger partial charge in [0, 0.05) is 23.6 Å². The molecule has 2 aromatic rings. The standard InChI is InChI=1S/C19H22ClN3OS/c1-10-9-12(20)7-8-13(10)16-14-15(11-5-6-11)22-23(4)17(14)21-18(24)19(2,3)25-16/h7-9,11,16H,5-6H2,1-4H3,(H,21,24). The zero-order chi connectivity index (χ0) is 17.9. The largest absolute Gasteiger partial charge is 0.309 e. The lowest BCUT2D eigenvalue weighted by atomic mass is 9.98. The summed E-state index contributed by atoms with van der Waals surface area (Å²) < 4.78 is 1.30. The Kier molecular flexibility index (Phi) is 3.92. The molecule has 1 atom stereocenters. The molecule has 1 aliphatic carbocycles. The summed E-state index contributed by atoms with van der Waals surface area (Å²) in [5, 5.41) is 8.69. The fourth-order valence-electron chi connectivity index (χ4n) is 3.44. The number of amides is 1. The predicted molar refractivity (Wildman–Crippen MR) is 104 cm³/mol. The number of halogens is 1. The van der Waals surface area contributed by atoms with E-state index in [9.17, 15) is 4.79 Å². The van der Waals surface area contributed by atoms with Gasteiger partial charge >= 0.3 is 0 Å². The monoisotopic (exact) mass is 375 g/mol. The van der Waals surface area contributed by atoms with E-state index in [0.717, 1.165) is 22.1 Å². The van der Waals surface area contributed by atoms with Crippen LogP contribution in [0.3, 0.4) is 0 Å². The Morgan fingerprint density at radius 2 is 2.08 bits per heavy atom. The van der Waals surface area contributed by atoms with Crippen molar-refractivity contribution >= 4 is 35.1 Å². The fraction of sp³-hybridized carbons (Fsp3) is 0.474. The summed E-state index contributed by atoms with van der Waals surface area (Å²) in [5.41, 5.74) is 4.66. The summed E-state index contributed by atoms with van der Waals surface area (Å²) in [6.45, 7) is 6.06. The van der Waals surface area contributed by atoms with Crippen molar-refractivity contribution in [2.75, 3.05) is 5.32 Å². The topological polar surface area (TPSA) is 46.9 Å². The molecule has 6 heteroatoms. The van der Waals surface area contributed by atoms with Crippen molar-refractivity contribution in [3.05, 3.63) is 45.6 Å². The van der Waals surface area contributed by atoms with Crippen LogP contribution in [0.25, 0.3) is 0 Å². The van der Waals surface area contributed by atoms with Gasteiger partial charge in [0.1, 0.15) is 5.82 Å². The lowest BCUT2D eigenvalue weighted by Crippen LogP contribution is -2.33. The van der Waals surface area contributed by atoms with E-state index in [1.807, 2.05) is 37.7 Å². The summed E-state index contributed by atoms with van der Waals surface area (Å²) >= 11 is 7.87. The number of rotatable bonds is 2. The smallest absolute Gasteiger partial charge is 0.241 e. The van der Waals surface area contributed by atoms with Crippen molar-refractivity contribution in [3.63, 3.8) is 0 Å². The quantitative estimate of drug-likeness (QED) is 0.819. The number of benzene rings is 1. The van der Waals surface area contributed by atoms with Crippen LogP contribution in [0, 0.1) is 6.92 Å². The lowest BCUT2D eigenvalue weighted by molar-refractivity contribution is -0.117. The first-order chi connectivity index (χ1) is 11.8. The van der Waals surface area contributed by atoms with Crippen molar-refractivity contribution in [2.45, 2.75) is 49.5 Å². The minimum absolute atomic E-state index is 0.0261. The average molecular weight is 376 g/mol. The first kappa shape index (κ1) is 17.0. The highest BCUT2D eigenvalue weighted by Gasteiger charge is 2.43. The zero-order valence-electron chi connectivity index (χ0n) is 14.9. The first-order valence-corrected chi connectivity index (χ1v) is 9.86. The Labute approximate surface area is 157 Å². The minimum atomic E-state index is -0.531. The molecule has 1 aromatic heterocycles. The van der Waals surface area contributed by atoms with E-state index in [2.05, 4.69) is 18.3 Å². The predicted octanol–water partition coefficient (Wildman–Crippen LogP) is 4.81. The van der Waals surface area contributed by atoms with Crippen LogP contribution in [0.5, 0.6) is 0 Å². The van der Waals surface area contributed by atoms with E-state index in [0.29, 0.717) is 5.92 Å². The van der Waals surface area contributed by atoms with Gasteiger partial charge in [-0.2, -0.15) is 5.10 Å². The molecule has 2 heterocycles. The third-order valence-corrected chi connectivity index (χ3v) is 6.78. The number of anilines is 1. The Bertz CT molecular complexity index is 870. The Morgan fingerprint density at radius 1 is 1.36 bits per heavy atom. The highest BCUT2D eigenvalue weighted by molar-refractivity contribution is 8.01. The molecule has 2 aliphatic rings. The van der Waals surface area contributed by atoms with E-state index in [-0.39, 0.29) is 11.2 Å². The molecule has 132 valence electrons. The van der Waals surface area contributed by atoms with Gasteiger partial charge in [0.05, 0.1) is 15.7 Å². The Morgan fingerprint density at radius 3 is 2.72 bits per heavy atom. The number of aromatic nitrogens is 2. The molecule has 1 fully saturated rings. The van der Waals surface area contributed by atoms with Crippen molar-refractivity contribution in [1.29, 1.82) is 0 Å². The van der Waals surface area contributed by atoms with Crippen molar-refractivity contribution in [3.8, 4) is 0 Å². The van der Waals surface area contributed by atoms with Gasteiger partial charge in [-0.1, -0.05) is 17.7 Å². The second-order valence-corrected chi connectivity index (χ2v) is 9.67. The Balaban J connectivity index is 1.94. The van der Waals surface area contributed by atoms with Crippen molar-refractivity contribution in [1.82, 2.24) is 9.78 Å². The zero-order valence-corrected chi connectivity index (χ0v) is 16.5. The van der Waals surface area contributed by atoms with E-state index in [1.54, 1.807) is 11.8 Å². The van der Waals surface area contributed by atoms with Crippen LogP contribution in [0.15, 0.2) is 18.2 Å². The maximum Gasteiger partial charge on any atom is 0.241 e. The summed E-state index contributed by atoms with van der Waals surface area (Å²) in [6, 6.07) is 6.02. The summed E-state index contributed by atoms with van der Waals surface area (Å²) in [6.07, 6.45) is 2.36. The molecule has 1 aromatic carbocycles. The number of carbonyl (C=O) groups is 1. The molecule has 1 saturated carbocycles. The van der Waals surface area contributed by atoms with Gasteiger partial charge in [-0.05, 0) is 56.9 Å². The highest BCUT2D eigenvalue weighted by atomic mass is 35.5. The molecular weight excluding hydrogens is 354 g/mol. The molecule has 4 nitrogen and oxygen atoms in total. The average Bonchev–Trinajstić information content (AvgIpc) is 3.32. The van der Waals surface area contributed by atoms with Gasteiger partial charge in [0.15, 0.2) is 0 Å². The second kappa shape index (κ2) is 5.78. The molecule has 1 N–H and O–H groups in total. The number of nitrogens with zero attached hydrogens (tertiary/aromatic N) is 2. The van der Waals surface area contributed by atoms with E-state index >= 15 is 0 Å². The summed E-state index contributed by atoms with van der Waals surface area (Å²) in [4.78, 5) is 12.8. The maximum atomic E-state index is 12.8. The van der Waals surface area contributed by atoms with E-state index in [1.165, 1.54) is 24.0 Å². The molecule has 1 aliphatic heterocycles. The molecule has 0 saturated heterocycles. The normalized spacial score (nSPS) is 22.3. The van der Waals surface area contributed by atoms with Gasteiger partial charge in [0.25, 0.3) is 0 Å². The molecule has 0 radical (unpaired) electrons. The van der Waals surface area contributed by atoms with Gasteiger partial charge in [0.2, 0.25) is 5.91 Å². The second-order valence-electron chi connectivity index (χ2n) is 7.51. The van der Waals surface area contributed by atoms with Gasteiger partial charge in [-0.15, -0.1) is 11.8 Å². The van der Waals surface area contributed by atoms with Gasteiger partial charge in [-0.3, -0.25) is 9.48 Å². The van der Waals surface area contributed by atoms with Crippen molar-refractivity contribution in [2.24, 2.45) is 7.05 Å². The minimum Gasteiger partial charge on any atom is -0.309 e. The number of nitrogens with one attached hydrogen (secondary N) is 1. The Hall–Kier alpha value is -1.46. The molecular formula is C19H22ClN3OS. The number of carbonyl (C=O) groups excluding carboxylic acids is 1. The van der Waals surface area contributed by atoms with Crippen LogP contribution in [0.1, 0.15) is 60.2 Å². The summed E-state index contributed by atoms with van der Waals surface area (Å²) in [7, 11) is 1.92. The van der Waals surface area contributed by atoms with E-state index < -0.39 is 4.75 Å². The van der Waals surface area contributed by atoms with Crippen LogP contribution in [-0.2, 0) is 11.8 Å². The van der Waals surface area contributed by atoms with Crippen LogP contribution in [0.2, 0.25) is 5.02 Å². The van der Waals surface area contributed by atoms with Crippen LogP contribution in [-0.4, -0.2) is 20.4 Å². The van der Waals surface area contributed by atoms with Crippen molar-refractivity contribution < 1.29 is 4.79 Å². The number of fused-ring (bicyclic) bond motifs is 1. The fourth-order valence-corrected chi connectivity index (χ4v) is 5.16. The number of aryl methyl sites for hydroxylation is 2. The molecule has 0 spiro atoms. The number of hydrogen-bond acceptors (Lipinski definition) is 3. The third kappa shape index (κ3) is 2.87. The molecule has 0 bridgehead atoms. The van der Waals surface area contributed by atoms with Crippen LogP contribution >= 0.6 is 23.4 Å². The SMILES string of the molecule is Cc1cc(Cl)ccc1C1SC(C)(C)C(=O)Nc2c1c(C1CC1)nn2C. The number of hydrogen-bond donors (Lipinski definition) is 1. The van der Waals surface area contributed by atoms with Gasteiger partial charge in [-0.25, -0.2) is 0 Å². The summed E-state index contributed by atoms with van der Waals surface area (Å²) in [5.74, 6) is 1.38. The van der Waals surface area contributed by atoms with E-state index in [4.69, 9.17) is 16.7 Å². The first-order valence-electron chi connectivity index (χ1n) is 8.60. The third-order valence-electron chi connectivity index (χ3n) is 5.04. The molecule has 1 unspecified atom stereocenters. The number of thioether (sulfide) groups is 1. The molecule has 25 heavy (non-hydrogen) atoms. The molecule has 1 amide bonds. The van der Waals surface area contributed by atoms with Crippen LogP contribution in [0.4, 0.5) is 5.82 Å². The highest BCUT2D eigenvalue weighted by Crippen LogP contribution is 2.54. The van der Waals surface area contributed by atoms with Crippen LogP contribution < -0.4 is 5.32 Å². The molecule has 4 rings (SSSR count). The lowest BCUT2D eigenvalue weighted by Gasteiger charge is -2.26.